The van der Waals surface area contributed by atoms with Crippen LogP contribution in [0.2, 0.25) is 0 Å². The van der Waals surface area contributed by atoms with Crippen molar-refractivity contribution in [3.63, 3.8) is 0 Å². The Balaban J connectivity index is 1.99. The molecule has 3 aromatic rings. The molecule has 0 saturated heterocycles. The second-order valence-corrected chi connectivity index (χ2v) is 6.61. The third-order valence-electron chi connectivity index (χ3n) is 3.60. The van der Waals surface area contributed by atoms with E-state index in [2.05, 4.69) is 15.0 Å². The fourth-order valence-electron chi connectivity index (χ4n) is 2.40. The Kier molecular flexibility index (Phi) is 4.57. The summed E-state index contributed by atoms with van der Waals surface area (Å²) in [6.45, 7) is 0.0603. The molecule has 0 saturated carbocycles. The van der Waals surface area contributed by atoms with Crippen LogP contribution in [0, 0.1) is 0 Å². The van der Waals surface area contributed by atoms with E-state index in [9.17, 15) is 8.42 Å². The van der Waals surface area contributed by atoms with E-state index in [0.29, 0.717) is 28.3 Å². The lowest BCUT2D eigenvalue weighted by Crippen LogP contribution is -2.30. The third kappa shape index (κ3) is 3.71. The molecule has 25 heavy (non-hydrogen) atoms. The summed E-state index contributed by atoms with van der Waals surface area (Å²) in [4.78, 5) is 0. The first-order valence-electron chi connectivity index (χ1n) is 7.25. The summed E-state index contributed by atoms with van der Waals surface area (Å²) in [5.74, 6) is 1.22. The number of methoxy groups -OCH3 is 2. The highest BCUT2D eigenvalue weighted by atomic mass is 32.2. The molecule has 0 atom stereocenters. The molecule has 0 aliphatic rings. The predicted molar refractivity (Wildman–Crippen MR) is 91.9 cm³/mol. The SMILES string of the molecule is COc1ccc2c(c1)nnn2-c1ccc(CNS(N)(=O)=O)cc1OC. The average molecular weight is 363 g/mol. The highest BCUT2D eigenvalue weighted by Gasteiger charge is 2.13. The summed E-state index contributed by atoms with van der Waals surface area (Å²) >= 11 is 0. The van der Waals surface area contributed by atoms with Gasteiger partial charge in [-0.05, 0) is 29.8 Å². The van der Waals surface area contributed by atoms with Crippen LogP contribution in [-0.4, -0.2) is 37.6 Å². The van der Waals surface area contributed by atoms with Gasteiger partial charge in [0, 0.05) is 12.6 Å². The van der Waals surface area contributed by atoms with E-state index in [1.165, 1.54) is 7.11 Å². The normalized spacial score (nSPS) is 11.6. The number of benzene rings is 2. The van der Waals surface area contributed by atoms with Gasteiger partial charge in [-0.2, -0.15) is 13.1 Å². The number of nitrogens with two attached hydrogens (primary N) is 1. The van der Waals surface area contributed by atoms with E-state index in [1.54, 1.807) is 36.1 Å². The second-order valence-electron chi connectivity index (χ2n) is 5.23. The van der Waals surface area contributed by atoms with Crippen molar-refractivity contribution >= 4 is 21.2 Å². The van der Waals surface area contributed by atoms with Gasteiger partial charge in [0.25, 0.3) is 10.2 Å². The second kappa shape index (κ2) is 6.67. The molecule has 0 bridgehead atoms. The standard InChI is InChI=1S/C15H17N5O4S/c1-23-11-4-6-13-12(8-11)18-19-20(13)14-5-3-10(7-15(14)24-2)9-17-25(16,21)22/h3-8,17H,9H2,1-2H3,(H2,16,21,22). The number of rotatable bonds is 6. The first-order valence-corrected chi connectivity index (χ1v) is 8.80. The van der Waals surface area contributed by atoms with Gasteiger partial charge in [0.15, 0.2) is 0 Å². The van der Waals surface area contributed by atoms with Crippen molar-refractivity contribution in [1.82, 2.24) is 19.7 Å². The summed E-state index contributed by atoms with van der Waals surface area (Å²) in [5.41, 5.74) is 2.84. The van der Waals surface area contributed by atoms with Crippen LogP contribution in [0.25, 0.3) is 16.7 Å². The third-order valence-corrected chi connectivity index (χ3v) is 4.15. The van der Waals surface area contributed by atoms with Crippen molar-refractivity contribution in [2.75, 3.05) is 14.2 Å². The van der Waals surface area contributed by atoms with Gasteiger partial charge < -0.3 is 9.47 Å². The summed E-state index contributed by atoms with van der Waals surface area (Å²) in [7, 11) is -0.649. The molecule has 0 spiro atoms. The van der Waals surface area contributed by atoms with Gasteiger partial charge in [0.05, 0.1) is 19.7 Å². The molecule has 0 radical (unpaired) electrons. The van der Waals surface area contributed by atoms with Crippen LogP contribution in [0.15, 0.2) is 36.4 Å². The minimum absolute atomic E-state index is 0.0603. The van der Waals surface area contributed by atoms with Crippen LogP contribution in [0.4, 0.5) is 0 Å². The minimum atomic E-state index is -3.76. The number of hydrogen-bond acceptors (Lipinski definition) is 6. The van der Waals surface area contributed by atoms with E-state index in [0.717, 1.165) is 5.52 Å². The van der Waals surface area contributed by atoms with Crippen LogP contribution < -0.4 is 19.3 Å². The zero-order chi connectivity index (χ0) is 18.0. The van der Waals surface area contributed by atoms with Crippen LogP contribution in [0.5, 0.6) is 11.5 Å². The van der Waals surface area contributed by atoms with Crippen molar-refractivity contribution < 1.29 is 17.9 Å². The topological polar surface area (TPSA) is 121 Å². The zero-order valence-corrected chi connectivity index (χ0v) is 14.4. The van der Waals surface area contributed by atoms with Crippen LogP contribution in [0.3, 0.4) is 0 Å². The largest absolute Gasteiger partial charge is 0.497 e. The van der Waals surface area contributed by atoms with E-state index in [4.69, 9.17) is 14.6 Å². The van der Waals surface area contributed by atoms with E-state index in [-0.39, 0.29) is 6.54 Å². The Labute approximate surface area is 144 Å². The minimum Gasteiger partial charge on any atom is -0.497 e. The lowest BCUT2D eigenvalue weighted by atomic mass is 10.2. The van der Waals surface area contributed by atoms with Gasteiger partial charge in [-0.15, -0.1) is 5.10 Å². The monoisotopic (exact) mass is 363 g/mol. The van der Waals surface area contributed by atoms with Crippen molar-refractivity contribution in [1.29, 1.82) is 0 Å². The highest BCUT2D eigenvalue weighted by molar-refractivity contribution is 7.87. The molecule has 10 heteroatoms. The summed E-state index contributed by atoms with van der Waals surface area (Å²) in [6, 6.07) is 10.7. The molecule has 2 aromatic carbocycles. The van der Waals surface area contributed by atoms with Crippen molar-refractivity contribution in [2.45, 2.75) is 6.54 Å². The van der Waals surface area contributed by atoms with E-state index >= 15 is 0 Å². The van der Waals surface area contributed by atoms with Gasteiger partial charge in [0.1, 0.15) is 22.7 Å². The number of fused-ring (bicyclic) bond motifs is 1. The number of nitrogens with zero attached hydrogens (tertiary/aromatic N) is 3. The summed E-state index contributed by atoms with van der Waals surface area (Å²) in [6.07, 6.45) is 0. The molecule has 1 heterocycles. The number of aromatic nitrogens is 3. The lowest BCUT2D eigenvalue weighted by Gasteiger charge is -2.11. The van der Waals surface area contributed by atoms with E-state index in [1.807, 2.05) is 12.1 Å². The molecule has 132 valence electrons. The quantitative estimate of drug-likeness (QED) is 0.666. The molecular weight excluding hydrogens is 346 g/mol. The summed E-state index contributed by atoms with van der Waals surface area (Å²) in [5, 5.41) is 13.2. The zero-order valence-electron chi connectivity index (χ0n) is 13.6. The molecule has 0 aliphatic heterocycles. The fourth-order valence-corrected chi connectivity index (χ4v) is 2.77. The lowest BCUT2D eigenvalue weighted by molar-refractivity contribution is 0.411. The van der Waals surface area contributed by atoms with Crippen LogP contribution in [-0.2, 0) is 16.8 Å². The fraction of sp³-hybridized carbons (Fsp3) is 0.200. The smallest absolute Gasteiger partial charge is 0.274 e. The van der Waals surface area contributed by atoms with Gasteiger partial charge in [-0.1, -0.05) is 11.3 Å². The maximum Gasteiger partial charge on any atom is 0.274 e. The van der Waals surface area contributed by atoms with Crippen LogP contribution in [0.1, 0.15) is 5.56 Å². The molecule has 9 nitrogen and oxygen atoms in total. The maximum absolute atomic E-state index is 11.0. The number of ether oxygens (including phenoxy) is 2. The summed E-state index contributed by atoms with van der Waals surface area (Å²) < 4.78 is 36.5. The predicted octanol–water partition coefficient (Wildman–Crippen LogP) is 0.731. The molecule has 3 N–H and O–H groups in total. The molecule has 3 rings (SSSR count). The van der Waals surface area contributed by atoms with E-state index < -0.39 is 10.2 Å². The molecule has 0 amide bonds. The molecular formula is C15H17N5O4S. The number of nitrogens with one attached hydrogen (secondary N) is 1. The van der Waals surface area contributed by atoms with Gasteiger partial charge in [-0.25, -0.2) is 9.82 Å². The number of hydrogen-bond donors (Lipinski definition) is 2. The first kappa shape index (κ1) is 17.1. The Morgan fingerprint density at radius 3 is 2.64 bits per heavy atom. The van der Waals surface area contributed by atoms with Gasteiger partial charge >= 0.3 is 0 Å². The Bertz CT molecular complexity index is 1020. The van der Waals surface area contributed by atoms with Crippen LogP contribution >= 0.6 is 0 Å². The van der Waals surface area contributed by atoms with Crippen molar-refractivity contribution in [3.8, 4) is 17.2 Å². The van der Waals surface area contributed by atoms with Gasteiger partial charge in [0.2, 0.25) is 0 Å². The molecule has 0 fully saturated rings. The first-order chi connectivity index (χ1) is 11.9. The Hall–Kier alpha value is -2.69. The van der Waals surface area contributed by atoms with Crippen molar-refractivity contribution in [2.24, 2.45) is 5.14 Å². The Morgan fingerprint density at radius 1 is 1.16 bits per heavy atom. The Morgan fingerprint density at radius 2 is 1.96 bits per heavy atom. The maximum atomic E-state index is 11.0. The van der Waals surface area contributed by atoms with Crippen molar-refractivity contribution in [3.05, 3.63) is 42.0 Å². The highest BCUT2D eigenvalue weighted by Crippen LogP contribution is 2.28. The molecule has 1 aromatic heterocycles. The molecule has 0 unspecified atom stereocenters. The van der Waals surface area contributed by atoms with Gasteiger partial charge in [-0.3, -0.25) is 0 Å². The average Bonchev–Trinajstić information content (AvgIpc) is 3.01. The molecule has 0 aliphatic carbocycles.